The van der Waals surface area contributed by atoms with E-state index in [-0.39, 0.29) is 18.7 Å². The first kappa shape index (κ1) is 16.4. The molecule has 1 aromatic rings. The summed E-state index contributed by atoms with van der Waals surface area (Å²) in [5.41, 5.74) is 1.09. The van der Waals surface area contributed by atoms with E-state index in [2.05, 4.69) is 5.32 Å². The van der Waals surface area contributed by atoms with Crippen LogP contribution in [0.4, 0.5) is 4.79 Å². The maximum absolute atomic E-state index is 11.9. The SMILES string of the molecule is C[C@H](CO)N(C)C(=O)NC[C@@H]1C[C@H]1c1ccc(Cl)cc1Cl. The minimum absolute atomic E-state index is 0.0453. The largest absolute Gasteiger partial charge is 0.394 e. The van der Waals surface area contributed by atoms with E-state index < -0.39 is 0 Å². The molecule has 6 heteroatoms. The van der Waals surface area contributed by atoms with Gasteiger partial charge in [-0.1, -0.05) is 29.3 Å². The Bertz CT molecular complexity index is 524. The van der Waals surface area contributed by atoms with Crippen molar-refractivity contribution in [2.45, 2.75) is 25.3 Å². The highest BCUT2D eigenvalue weighted by molar-refractivity contribution is 6.35. The fourth-order valence-electron chi connectivity index (χ4n) is 2.32. The van der Waals surface area contributed by atoms with Crippen LogP contribution >= 0.6 is 23.2 Å². The van der Waals surface area contributed by atoms with Crippen LogP contribution in [0.1, 0.15) is 24.8 Å². The normalized spacial score (nSPS) is 21.8. The Morgan fingerprint density at radius 1 is 1.52 bits per heavy atom. The summed E-state index contributed by atoms with van der Waals surface area (Å²) in [4.78, 5) is 13.4. The number of urea groups is 1. The van der Waals surface area contributed by atoms with Crippen molar-refractivity contribution in [1.82, 2.24) is 10.2 Å². The van der Waals surface area contributed by atoms with Crippen molar-refractivity contribution in [2.24, 2.45) is 5.92 Å². The Kier molecular flexibility index (Phi) is 5.36. The number of carbonyl (C=O) groups excluding carboxylic acids is 1. The third-order valence-corrected chi connectivity index (χ3v) is 4.61. The van der Waals surface area contributed by atoms with Crippen LogP contribution in [-0.4, -0.2) is 42.3 Å². The topological polar surface area (TPSA) is 52.6 Å². The van der Waals surface area contributed by atoms with E-state index in [1.54, 1.807) is 20.0 Å². The zero-order valence-corrected chi connectivity index (χ0v) is 13.7. The number of hydrogen-bond donors (Lipinski definition) is 2. The Hall–Kier alpha value is -0.970. The predicted molar refractivity (Wildman–Crippen MR) is 85.0 cm³/mol. The number of nitrogens with one attached hydrogen (secondary N) is 1. The first-order chi connectivity index (χ1) is 9.93. The molecule has 21 heavy (non-hydrogen) atoms. The predicted octanol–water partition coefficient (Wildman–Crippen LogP) is 3.12. The van der Waals surface area contributed by atoms with Gasteiger partial charge in [-0.2, -0.15) is 0 Å². The fraction of sp³-hybridized carbons (Fsp3) is 0.533. The molecule has 0 aromatic heterocycles. The van der Waals surface area contributed by atoms with Crippen molar-refractivity contribution in [3.05, 3.63) is 33.8 Å². The highest BCUT2D eigenvalue weighted by Gasteiger charge is 2.39. The van der Waals surface area contributed by atoms with Crippen LogP contribution in [0.15, 0.2) is 18.2 Å². The van der Waals surface area contributed by atoms with Crippen molar-refractivity contribution >= 4 is 29.2 Å². The van der Waals surface area contributed by atoms with Crippen LogP contribution in [0.25, 0.3) is 0 Å². The molecule has 2 amide bonds. The maximum Gasteiger partial charge on any atom is 0.317 e. The highest BCUT2D eigenvalue weighted by Crippen LogP contribution is 2.49. The highest BCUT2D eigenvalue weighted by atomic mass is 35.5. The quantitative estimate of drug-likeness (QED) is 0.871. The van der Waals surface area contributed by atoms with Gasteiger partial charge in [0.2, 0.25) is 0 Å². The van der Waals surface area contributed by atoms with Crippen LogP contribution in [0, 0.1) is 5.92 Å². The number of halogens is 2. The molecule has 2 N–H and O–H groups in total. The summed E-state index contributed by atoms with van der Waals surface area (Å²) in [6.45, 7) is 2.37. The van der Waals surface area contributed by atoms with E-state index in [0.717, 1.165) is 12.0 Å². The minimum atomic E-state index is -0.189. The lowest BCUT2D eigenvalue weighted by Gasteiger charge is -2.23. The number of aliphatic hydroxyl groups is 1. The maximum atomic E-state index is 11.9. The number of carbonyl (C=O) groups is 1. The van der Waals surface area contributed by atoms with Crippen molar-refractivity contribution in [1.29, 1.82) is 0 Å². The second-order valence-corrected chi connectivity index (χ2v) is 6.44. The van der Waals surface area contributed by atoms with Crippen LogP contribution < -0.4 is 5.32 Å². The first-order valence-corrected chi connectivity index (χ1v) is 7.76. The van der Waals surface area contributed by atoms with E-state index in [1.807, 2.05) is 12.1 Å². The zero-order chi connectivity index (χ0) is 15.6. The lowest BCUT2D eigenvalue weighted by atomic mass is 10.1. The standard InChI is InChI=1S/C15H20Cl2N2O2/c1-9(8-20)19(2)15(21)18-7-10-5-13(10)12-4-3-11(16)6-14(12)17/h3-4,6,9-10,13,20H,5,7-8H2,1-2H3,(H,18,21)/t9-,10+,13-/m1/s1. The van der Waals surface area contributed by atoms with Gasteiger partial charge in [0.25, 0.3) is 0 Å². The van der Waals surface area contributed by atoms with Crippen LogP contribution in [0.2, 0.25) is 10.0 Å². The summed E-state index contributed by atoms with van der Waals surface area (Å²) in [5, 5.41) is 13.3. The molecule has 116 valence electrons. The fourth-order valence-corrected chi connectivity index (χ4v) is 2.87. The number of rotatable bonds is 5. The third kappa shape index (κ3) is 4.02. The second-order valence-electron chi connectivity index (χ2n) is 5.60. The molecule has 0 radical (unpaired) electrons. The molecule has 0 heterocycles. The van der Waals surface area contributed by atoms with E-state index in [0.29, 0.717) is 28.4 Å². The number of aliphatic hydroxyl groups excluding tert-OH is 1. The van der Waals surface area contributed by atoms with Crippen LogP contribution in [-0.2, 0) is 0 Å². The van der Waals surface area contributed by atoms with Crippen molar-refractivity contribution in [3.63, 3.8) is 0 Å². The Labute approximate surface area is 135 Å². The van der Waals surface area contributed by atoms with Gasteiger partial charge in [0.05, 0.1) is 12.6 Å². The third-order valence-electron chi connectivity index (χ3n) is 4.05. The zero-order valence-electron chi connectivity index (χ0n) is 12.1. The van der Waals surface area contributed by atoms with Crippen LogP contribution in [0.3, 0.4) is 0 Å². The minimum Gasteiger partial charge on any atom is -0.394 e. The van der Waals surface area contributed by atoms with E-state index in [9.17, 15) is 4.79 Å². The van der Waals surface area contributed by atoms with Crippen molar-refractivity contribution in [3.8, 4) is 0 Å². The van der Waals surface area contributed by atoms with Crippen molar-refractivity contribution in [2.75, 3.05) is 20.2 Å². The smallest absolute Gasteiger partial charge is 0.317 e. The Morgan fingerprint density at radius 3 is 2.86 bits per heavy atom. The summed E-state index contributed by atoms with van der Waals surface area (Å²) < 4.78 is 0. The van der Waals surface area contributed by atoms with E-state index in [1.165, 1.54) is 4.90 Å². The van der Waals surface area contributed by atoms with Gasteiger partial charge in [0, 0.05) is 23.6 Å². The van der Waals surface area contributed by atoms with Gasteiger partial charge in [0.15, 0.2) is 0 Å². The van der Waals surface area contributed by atoms with Gasteiger partial charge in [-0.15, -0.1) is 0 Å². The lowest BCUT2D eigenvalue weighted by Crippen LogP contribution is -2.44. The van der Waals surface area contributed by atoms with Gasteiger partial charge < -0.3 is 15.3 Å². The van der Waals surface area contributed by atoms with E-state index in [4.69, 9.17) is 28.3 Å². The van der Waals surface area contributed by atoms with Gasteiger partial charge in [-0.25, -0.2) is 4.79 Å². The molecule has 0 bridgehead atoms. The van der Waals surface area contributed by atoms with Gasteiger partial charge >= 0.3 is 6.03 Å². The average Bonchev–Trinajstić information content (AvgIpc) is 3.22. The molecule has 0 spiro atoms. The van der Waals surface area contributed by atoms with Gasteiger partial charge in [-0.3, -0.25) is 0 Å². The molecule has 1 saturated carbocycles. The molecule has 4 nitrogen and oxygen atoms in total. The monoisotopic (exact) mass is 330 g/mol. The average molecular weight is 331 g/mol. The molecular weight excluding hydrogens is 311 g/mol. The molecular formula is C15H20Cl2N2O2. The molecule has 0 saturated heterocycles. The summed E-state index contributed by atoms with van der Waals surface area (Å²) in [6.07, 6.45) is 1.01. The molecule has 3 atom stereocenters. The second kappa shape index (κ2) is 6.86. The lowest BCUT2D eigenvalue weighted by molar-refractivity contribution is 0.157. The van der Waals surface area contributed by atoms with E-state index >= 15 is 0 Å². The molecule has 2 rings (SSSR count). The molecule has 1 fully saturated rings. The van der Waals surface area contributed by atoms with Crippen molar-refractivity contribution < 1.29 is 9.90 Å². The number of amides is 2. The molecule has 1 aliphatic rings. The first-order valence-electron chi connectivity index (χ1n) is 7.00. The number of nitrogens with zero attached hydrogens (tertiary/aromatic N) is 1. The summed E-state index contributed by atoms with van der Waals surface area (Å²) in [6, 6.07) is 5.20. The van der Waals surface area contributed by atoms with Crippen LogP contribution in [0.5, 0.6) is 0 Å². The number of hydrogen-bond acceptors (Lipinski definition) is 2. The summed E-state index contributed by atoms with van der Waals surface area (Å²) in [5.74, 6) is 0.793. The number of benzene rings is 1. The molecule has 0 unspecified atom stereocenters. The number of likely N-dealkylation sites (N-methyl/N-ethyl adjacent to an activating group) is 1. The summed E-state index contributed by atoms with van der Waals surface area (Å²) in [7, 11) is 1.68. The molecule has 0 aliphatic heterocycles. The van der Waals surface area contributed by atoms with Gasteiger partial charge in [-0.05, 0) is 42.9 Å². The summed E-state index contributed by atoms with van der Waals surface area (Å²) >= 11 is 12.1. The van der Waals surface area contributed by atoms with Gasteiger partial charge in [0.1, 0.15) is 0 Å². The molecule has 1 aromatic carbocycles. The Balaban J connectivity index is 1.83. The Morgan fingerprint density at radius 2 is 2.24 bits per heavy atom. The molecule has 1 aliphatic carbocycles.